The van der Waals surface area contributed by atoms with Gasteiger partial charge >= 0.3 is 0 Å². The fourth-order valence-electron chi connectivity index (χ4n) is 2.47. The van der Waals surface area contributed by atoms with Crippen LogP contribution in [0.15, 0.2) is 23.1 Å². The molecule has 1 aliphatic heterocycles. The lowest BCUT2D eigenvalue weighted by molar-refractivity contribution is 0.251. The van der Waals surface area contributed by atoms with E-state index in [1.165, 1.54) is 22.5 Å². The Balaban J connectivity index is 0.00000220. The van der Waals surface area contributed by atoms with E-state index < -0.39 is 10.0 Å². The number of sulfonamides is 1. The molecule has 1 heterocycles. The van der Waals surface area contributed by atoms with Crippen LogP contribution in [-0.4, -0.2) is 31.9 Å². The van der Waals surface area contributed by atoms with Crippen LogP contribution in [-0.2, 0) is 10.0 Å². The SMILES string of the molecule is CC(N)C1CCN(S(=O)(=O)c2ccc(Cl)cc2Cl)CC1.Cl. The highest BCUT2D eigenvalue weighted by atomic mass is 35.5. The molecule has 1 atom stereocenters. The molecule has 1 saturated heterocycles. The third-order valence-electron chi connectivity index (χ3n) is 3.75. The van der Waals surface area contributed by atoms with Gasteiger partial charge in [-0.2, -0.15) is 4.31 Å². The maximum Gasteiger partial charge on any atom is 0.244 e. The molecule has 0 bridgehead atoms. The number of benzene rings is 1. The van der Waals surface area contributed by atoms with Crippen LogP contribution in [0.5, 0.6) is 0 Å². The molecule has 0 aliphatic carbocycles. The second-order valence-corrected chi connectivity index (χ2v) is 7.93. The molecule has 1 aromatic rings. The van der Waals surface area contributed by atoms with Gasteiger partial charge in [0.2, 0.25) is 10.0 Å². The van der Waals surface area contributed by atoms with E-state index in [0.29, 0.717) is 24.0 Å². The second-order valence-electron chi connectivity index (χ2n) is 5.18. The van der Waals surface area contributed by atoms with Gasteiger partial charge in [-0.15, -0.1) is 12.4 Å². The third-order valence-corrected chi connectivity index (χ3v) is 6.37. The largest absolute Gasteiger partial charge is 0.328 e. The van der Waals surface area contributed by atoms with E-state index in [9.17, 15) is 8.42 Å². The van der Waals surface area contributed by atoms with E-state index in [1.807, 2.05) is 6.92 Å². The summed E-state index contributed by atoms with van der Waals surface area (Å²) < 4.78 is 26.6. The lowest BCUT2D eigenvalue weighted by Gasteiger charge is -2.33. The predicted molar refractivity (Wildman–Crippen MR) is 88.8 cm³/mol. The average molecular weight is 374 g/mol. The smallest absolute Gasteiger partial charge is 0.244 e. The first kappa shape index (κ1) is 19.0. The first-order valence-corrected chi connectivity index (χ1v) is 8.72. The van der Waals surface area contributed by atoms with E-state index in [-0.39, 0.29) is 28.4 Å². The lowest BCUT2D eigenvalue weighted by Crippen LogP contribution is -2.42. The van der Waals surface area contributed by atoms with Gasteiger partial charge in [0, 0.05) is 24.2 Å². The van der Waals surface area contributed by atoms with Crippen LogP contribution in [0.3, 0.4) is 0 Å². The van der Waals surface area contributed by atoms with Gasteiger partial charge < -0.3 is 5.73 Å². The van der Waals surface area contributed by atoms with E-state index >= 15 is 0 Å². The Morgan fingerprint density at radius 3 is 2.33 bits per heavy atom. The van der Waals surface area contributed by atoms with Crippen LogP contribution in [0.1, 0.15) is 19.8 Å². The van der Waals surface area contributed by atoms with Crippen molar-refractivity contribution in [3.05, 3.63) is 28.2 Å². The minimum atomic E-state index is -3.56. The molecule has 2 rings (SSSR count). The van der Waals surface area contributed by atoms with Crippen LogP contribution >= 0.6 is 35.6 Å². The van der Waals surface area contributed by atoms with Crippen molar-refractivity contribution in [3.63, 3.8) is 0 Å². The molecule has 4 nitrogen and oxygen atoms in total. The Bertz CT molecular complexity index is 585. The number of hydrogen-bond donors (Lipinski definition) is 1. The summed E-state index contributed by atoms with van der Waals surface area (Å²) in [5.41, 5.74) is 5.87. The molecule has 1 aliphatic rings. The molecule has 21 heavy (non-hydrogen) atoms. The number of nitrogens with two attached hydrogens (primary N) is 1. The van der Waals surface area contributed by atoms with Crippen molar-refractivity contribution in [2.24, 2.45) is 11.7 Å². The Kier molecular flexibility index (Phi) is 6.78. The Labute approximate surface area is 142 Å². The first-order valence-electron chi connectivity index (χ1n) is 6.53. The molecule has 0 spiro atoms. The molecule has 120 valence electrons. The van der Waals surface area contributed by atoms with Gasteiger partial charge in [-0.3, -0.25) is 0 Å². The number of rotatable bonds is 3. The van der Waals surface area contributed by atoms with Gasteiger partial charge in [0.05, 0.1) is 5.02 Å². The number of hydrogen-bond acceptors (Lipinski definition) is 3. The van der Waals surface area contributed by atoms with Gasteiger partial charge in [0.1, 0.15) is 4.90 Å². The highest BCUT2D eigenvalue weighted by Gasteiger charge is 2.31. The molecule has 0 radical (unpaired) electrons. The molecule has 0 amide bonds. The van der Waals surface area contributed by atoms with E-state index in [2.05, 4.69) is 0 Å². The van der Waals surface area contributed by atoms with Crippen molar-refractivity contribution in [2.45, 2.75) is 30.7 Å². The van der Waals surface area contributed by atoms with Crippen molar-refractivity contribution in [1.29, 1.82) is 0 Å². The van der Waals surface area contributed by atoms with Crippen molar-refractivity contribution in [3.8, 4) is 0 Å². The van der Waals surface area contributed by atoms with Crippen LogP contribution in [0.4, 0.5) is 0 Å². The summed E-state index contributed by atoms with van der Waals surface area (Å²) in [5, 5.41) is 0.580. The van der Waals surface area contributed by atoms with Crippen molar-refractivity contribution < 1.29 is 8.42 Å². The van der Waals surface area contributed by atoms with Gasteiger partial charge in [-0.05, 0) is 43.9 Å². The normalized spacial score (nSPS) is 19.0. The lowest BCUT2D eigenvalue weighted by atomic mass is 9.92. The Morgan fingerprint density at radius 2 is 1.86 bits per heavy atom. The number of halogens is 3. The van der Waals surface area contributed by atoms with E-state index in [1.54, 1.807) is 0 Å². The zero-order valence-electron chi connectivity index (χ0n) is 11.6. The molecule has 8 heteroatoms. The average Bonchev–Trinajstić information content (AvgIpc) is 2.38. The van der Waals surface area contributed by atoms with Crippen LogP contribution in [0.25, 0.3) is 0 Å². The van der Waals surface area contributed by atoms with Crippen molar-refractivity contribution in [2.75, 3.05) is 13.1 Å². The molecule has 0 aromatic heterocycles. The fraction of sp³-hybridized carbons (Fsp3) is 0.538. The summed E-state index contributed by atoms with van der Waals surface area (Å²) in [6.07, 6.45) is 1.56. The monoisotopic (exact) mass is 372 g/mol. The van der Waals surface area contributed by atoms with Gasteiger partial charge in [-0.25, -0.2) is 8.42 Å². The van der Waals surface area contributed by atoms with Crippen molar-refractivity contribution in [1.82, 2.24) is 4.31 Å². The van der Waals surface area contributed by atoms with E-state index in [4.69, 9.17) is 28.9 Å². The molecule has 2 N–H and O–H groups in total. The second kappa shape index (κ2) is 7.49. The summed E-state index contributed by atoms with van der Waals surface area (Å²) in [6.45, 7) is 2.92. The van der Waals surface area contributed by atoms with Crippen LogP contribution < -0.4 is 5.73 Å². The third kappa shape index (κ3) is 4.24. The molecular weight excluding hydrogens is 355 g/mol. The summed E-state index contributed by atoms with van der Waals surface area (Å²) >= 11 is 11.8. The first-order chi connectivity index (χ1) is 9.32. The fourth-order valence-corrected chi connectivity index (χ4v) is 4.68. The molecule has 1 aromatic carbocycles. The summed E-state index contributed by atoms with van der Waals surface area (Å²) in [5.74, 6) is 0.377. The Morgan fingerprint density at radius 1 is 1.29 bits per heavy atom. The topological polar surface area (TPSA) is 63.4 Å². The van der Waals surface area contributed by atoms with Gasteiger partial charge in [0.25, 0.3) is 0 Å². The molecular formula is C13H19Cl3N2O2S. The summed E-state index contributed by atoms with van der Waals surface area (Å²) in [6, 6.07) is 4.54. The molecule has 1 unspecified atom stereocenters. The quantitative estimate of drug-likeness (QED) is 0.885. The highest BCUT2D eigenvalue weighted by Crippen LogP contribution is 2.30. The summed E-state index contributed by atoms with van der Waals surface area (Å²) in [7, 11) is -3.56. The molecule has 0 saturated carbocycles. The zero-order valence-corrected chi connectivity index (χ0v) is 14.8. The van der Waals surface area contributed by atoms with Crippen LogP contribution in [0.2, 0.25) is 10.0 Å². The molecule has 1 fully saturated rings. The van der Waals surface area contributed by atoms with Crippen molar-refractivity contribution >= 4 is 45.6 Å². The maximum atomic E-state index is 12.6. The predicted octanol–water partition coefficient (Wildman–Crippen LogP) is 3.16. The minimum absolute atomic E-state index is 0. The van der Waals surface area contributed by atoms with Crippen LogP contribution in [0, 0.1) is 5.92 Å². The Hall–Kier alpha value is -0.0400. The van der Waals surface area contributed by atoms with Gasteiger partial charge in [0.15, 0.2) is 0 Å². The zero-order chi connectivity index (χ0) is 14.9. The summed E-state index contributed by atoms with van der Waals surface area (Å²) in [4.78, 5) is 0.114. The standard InChI is InChI=1S/C13H18Cl2N2O2S.ClH/c1-9(16)10-4-6-17(7-5-10)20(18,19)13-3-2-11(14)8-12(13)15;/h2-3,8-10H,4-7,16H2,1H3;1H. The maximum absolute atomic E-state index is 12.6. The number of nitrogens with zero attached hydrogens (tertiary/aromatic N) is 1. The van der Waals surface area contributed by atoms with E-state index in [0.717, 1.165) is 12.8 Å². The minimum Gasteiger partial charge on any atom is -0.328 e. The highest BCUT2D eigenvalue weighted by molar-refractivity contribution is 7.89. The van der Waals surface area contributed by atoms with Gasteiger partial charge in [-0.1, -0.05) is 23.2 Å². The number of piperidine rings is 1.